The average molecular weight is 404 g/mol. The molecule has 3 N–H and O–H groups in total. The van der Waals surface area contributed by atoms with Gasteiger partial charge in [0, 0.05) is 17.0 Å². The lowest BCUT2D eigenvalue weighted by Gasteiger charge is -2.19. The number of methoxy groups -OCH3 is 1. The fraction of sp³-hybridized carbons (Fsp3) is 0.400. The predicted molar refractivity (Wildman–Crippen MR) is 95.1 cm³/mol. The highest BCUT2D eigenvalue weighted by Gasteiger charge is 2.41. The minimum atomic E-state index is -0.554. The van der Waals surface area contributed by atoms with Gasteiger partial charge < -0.3 is 14.7 Å². The second-order valence-electron chi connectivity index (χ2n) is 5.89. The van der Waals surface area contributed by atoms with Crippen LogP contribution in [0.3, 0.4) is 0 Å². The molecule has 0 saturated carbocycles. The maximum Gasteiger partial charge on any atom is 0.364 e. The van der Waals surface area contributed by atoms with Gasteiger partial charge in [-0.15, -0.1) is 0 Å². The van der Waals surface area contributed by atoms with Crippen molar-refractivity contribution >= 4 is 41.4 Å². The van der Waals surface area contributed by atoms with E-state index in [4.69, 9.17) is 40.2 Å². The van der Waals surface area contributed by atoms with E-state index in [0.29, 0.717) is 45.8 Å². The van der Waals surface area contributed by atoms with E-state index in [9.17, 15) is 9.90 Å². The molecule has 10 heteroatoms. The van der Waals surface area contributed by atoms with Crippen LogP contribution in [0.1, 0.15) is 6.42 Å². The summed E-state index contributed by atoms with van der Waals surface area (Å²) in [5.41, 5.74) is 0.678. The number of carbonyl (C=O) groups is 1. The first kappa shape index (κ1) is 18.3. The number of aromatic nitrogens is 3. The van der Waals surface area contributed by atoms with E-state index < -0.39 is 12.1 Å². The molecule has 1 aliphatic heterocycles. The van der Waals surface area contributed by atoms with Gasteiger partial charge in [0.25, 0.3) is 0 Å². The van der Waals surface area contributed by atoms with E-state index in [1.54, 1.807) is 22.9 Å². The van der Waals surface area contributed by atoms with Crippen LogP contribution in [0.15, 0.2) is 18.2 Å². The van der Waals surface area contributed by atoms with E-state index >= 15 is 0 Å². The standard InChI is InChI=1S/C15H16Cl2N4O3S/c1-24-14(23)12-5-9(22)6-20(12)7-21-15(25)18-13(19-21)10-3-2-8(16)4-11(10)17/h2-4,9,12,22H,5-7H2,1H3,(H,18,19,25)/p+1/t9-,12+/m1/s1. The summed E-state index contributed by atoms with van der Waals surface area (Å²) < 4.78 is 6.80. The Labute approximate surface area is 159 Å². The van der Waals surface area contributed by atoms with Gasteiger partial charge in [0.2, 0.25) is 4.77 Å². The summed E-state index contributed by atoms with van der Waals surface area (Å²) >= 11 is 17.4. The fourth-order valence-electron chi connectivity index (χ4n) is 3.02. The number of benzene rings is 1. The Morgan fingerprint density at radius 1 is 1.56 bits per heavy atom. The number of halogens is 2. The SMILES string of the molecule is COC(=O)[C@@H]1C[C@@H](O)C[NH+]1Cn1[nH]c(-c2ccc(Cl)cc2Cl)nc1=S. The number of carbonyl (C=O) groups excluding carboxylic acids is 1. The second kappa shape index (κ2) is 7.43. The number of nitrogens with zero attached hydrogens (tertiary/aromatic N) is 2. The molecule has 1 unspecified atom stereocenters. The van der Waals surface area contributed by atoms with E-state index in [1.165, 1.54) is 7.11 Å². The number of rotatable bonds is 4. The molecule has 0 bridgehead atoms. The van der Waals surface area contributed by atoms with Gasteiger partial charge in [-0.2, -0.15) is 4.98 Å². The van der Waals surface area contributed by atoms with Gasteiger partial charge >= 0.3 is 5.97 Å². The maximum atomic E-state index is 11.9. The maximum absolute atomic E-state index is 11.9. The lowest BCUT2D eigenvalue weighted by Crippen LogP contribution is -3.14. The zero-order chi connectivity index (χ0) is 18.1. The third kappa shape index (κ3) is 3.88. The lowest BCUT2D eigenvalue weighted by molar-refractivity contribution is -0.928. The van der Waals surface area contributed by atoms with Gasteiger partial charge in [-0.05, 0) is 30.4 Å². The van der Waals surface area contributed by atoms with Gasteiger partial charge in [0.15, 0.2) is 18.5 Å². The Hall–Kier alpha value is -1.45. The summed E-state index contributed by atoms with van der Waals surface area (Å²) in [6.07, 6.45) is -0.194. The number of nitrogens with one attached hydrogen (secondary N) is 2. The molecule has 0 radical (unpaired) electrons. The third-order valence-corrected chi connectivity index (χ3v) is 5.07. The van der Waals surface area contributed by atoms with Crippen LogP contribution in [-0.4, -0.2) is 51.6 Å². The van der Waals surface area contributed by atoms with Crippen molar-refractivity contribution in [3.05, 3.63) is 33.0 Å². The van der Waals surface area contributed by atoms with Crippen molar-refractivity contribution in [1.82, 2.24) is 14.8 Å². The molecule has 7 nitrogen and oxygen atoms in total. The van der Waals surface area contributed by atoms with Crippen LogP contribution in [0.2, 0.25) is 10.0 Å². The van der Waals surface area contributed by atoms with Crippen molar-refractivity contribution in [3.63, 3.8) is 0 Å². The van der Waals surface area contributed by atoms with E-state index in [2.05, 4.69) is 10.1 Å². The molecule has 1 aliphatic rings. The first-order chi connectivity index (χ1) is 11.9. The number of esters is 1. The molecule has 0 spiro atoms. The van der Waals surface area contributed by atoms with E-state index in [0.717, 1.165) is 4.90 Å². The highest BCUT2D eigenvalue weighted by molar-refractivity contribution is 7.71. The number of aromatic amines is 1. The van der Waals surface area contributed by atoms with Crippen molar-refractivity contribution < 1.29 is 19.5 Å². The van der Waals surface area contributed by atoms with Gasteiger partial charge in [0.1, 0.15) is 12.6 Å². The van der Waals surface area contributed by atoms with Crippen LogP contribution in [0, 0.1) is 4.77 Å². The molecule has 0 amide bonds. The predicted octanol–water partition coefficient (Wildman–Crippen LogP) is 1.06. The number of quaternary nitrogens is 1. The smallest absolute Gasteiger partial charge is 0.364 e. The molecule has 25 heavy (non-hydrogen) atoms. The Balaban J connectivity index is 1.85. The fourth-order valence-corrected chi connectivity index (χ4v) is 3.72. The van der Waals surface area contributed by atoms with Crippen LogP contribution >= 0.6 is 35.4 Å². The van der Waals surface area contributed by atoms with Crippen molar-refractivity contribution in [1.29, 1.82) is 0 Å². The van der Waals surface area contributed by atoms with Crippen molar-refractivity contribution in [2.45, 2.75) is 25.2 Å². The Morgan fingerprint density at radius 2 is 2.32 bits per heavy atom. The molecule has 0 aliphatic carbocycles. The minimum Gasteiger partial charge on any atom is -0.465 e. The highest BCUT2D eigenvalue weighted by Crippen LogP contribution is 2.27. The number of aliphatic hydroxyl groups is 1. The number of aliphatic hydroxyl groups excluding tert-OH is 1. The molecule has 1 saturated heterocycles. The number of H-pyrrole nitrogens is 1. The van der Waals surface area contributed by atoms with Gasteiger partial charge in [-0.1, -0.05) is 23.2 Å². The topological polar surface area (TPSA) is 84.6 Å². The summed E-state index contributed by atoms with van der Waals surface area (Å²) in [5.74, 6) is 0.166. The number of likely N-dealkylation sites (tertiary alicyclic amines) is 1. The van der Waals surface area contributed by atoms with Gasteiger partial charge in [-0.25, -0.2) is 9.48 Å². The summed E-state index contributed by atoms with van der Waals surface area (Å²) in [5, 5.41) is 14.0. The second-order valence-corrected chi connectivity index (χ2v) is 7.10. The molecule has 2 heterocycles. The molecule has 134 valence electrons. The lowest BCUT2D eigenvalue weighted by atomic mass is 10.2. The largest absolute Gasteiger partial charge is 0.465 e. The summed E-state index contributed by atoms with van der Waals surface area (Å²) in [6, 6.07) is 4.66. The van der Waals surface area contributed by atoms with Crippen molar-refractivity contribution in [2.75, 3.05) is 13.7 Å². The van der Waals surface area contributed by atoms with Crippen LogP contribution in [0.5, 0.6) is 0 Å². The zero-order valence-electron chi connectivity index (χ0n) is 13.3. The first-order valence-corrected chi connectivity index (χ1v) is 8.78. The molecule has 1 aromatic heterocycles. The molecular formula is C15H17Cl2N4O3S+. The van der Waals surface area contributed by atoms with E-state index in [-0.39, 0.29) is 5.97 Å². The Morgan fingerprint density at radius 3 is 3.00 bits per heavy atom. The summed E-state index contributed by atoms with van der Waals surface area (Å²) in [7, 11) is 1.34. The van der Waals surface area contributed by atoms with Crippen LogP contribution in [0.25, 0.3) is 11.4 Å². The number of hydrogen-bond acceptors (Lipinski definition) is 5. The van der Waals surface area contributed by atoms with E-state index in [1.807, 2.05) is 0 Å². The Kier molecular flexibility index (Phi) is 5.45. The molecule has 1 aromatic carbocycles. The molecule has 2 aromatic rings. The monoisotopic (exact) mass is 403 g/mol. The highest BCUT2D eigenvalue weighted by atomic mass is 35.5. The first-order valence-electron chi connectivity index (χ1n) is 7.61. The van der Waals surface area contributed by atoms with Crippen LogP contribution in [0.4, 0.5) is 0 Å². The molecule has 3 atom stereocenters. The zero-order valence-corrected chi connectivity index (χ0v) is 15.7. The van der Waals surface area contributed by atoms with Crippen LogP contribution < -0.4 is 4.90 Å². The number of hydrogen-bond donors (Lipinski definition) is 3. The normalized spacial score (nSPS) is 23.0. The van der Waals surface area contributed by atoms with Crippen molar-refractivity contribution in [3.8, 4) is 11.4 Å². The average Bonchev–Trinajstić information content (AvgIpc) is 3.10. The third-order valence-electron chi connectivity index (χ3n) is 4.21. The molecule has 1 fully saturated rings. The summed E-state index contributed by atoms with van der Waals surface area (Å²) in [4.78, 5) is 17.1. The number of ether oxygens (including phenoxy) is 1. The molecular weight excluding hydrogens is 387 g/mol. The molecule has 3 rings (SSSR count). The van der Waals surface area contributed by atoms with Crippen molar-refractivity contribution in [2.24, 2.45) is 0 Å². The Bertz CT molecular complexity index is 854. The quantitative estimate of drug-likeness (QED) is 0.525. The minimum absolute atomic E-state index is 0.332. The van der Waals surface area contributed by atoms with Crippen LogP contribution in [-0.2, 0) is 16.2 Å². The van der Waals surface area contributed by atoms with Gasteiger partial charge in [-0.3, -0.25) is 5.10 Å². The summed E-state index contributed by atoms with van der Waals surface area (Å²) in [6.45, 7) is 0.783. The van der Waals surface area contributed by atoms with Gasteiger partial charge in [0.05, 0.1) is 12.1 Å².